The van der Waals surface area contributed by atoms with Crippen LogP contribution < -0.4 is 5.32 Å². The highest BCUT2D eigenvalue weighted by molar-refractivity contribution is 9.11. The highest BCUT2D eigenvalue weighted by Crippen LogP contribution is 2.21. The smallest absolute Gasteiger partial charge is 0.252 e. The van der Waals surface area contributed by atoms with E-state index in [1.54, 1.807) is 11.3 Å². The zero-order chi connectivity index (χ0) is 11.5. The zero-order valence-electron chi connectivity index (χ0n) is 8.62. The second-order valence-electron chi connectivity index (χ2n) is 3.35. The van der Waals surface area contributed by atoms with Crippen molar-refractivity contribution in [3.8, 4) is 0 Å². The summed E-state index contributed by atoms with van der Waals surface area (Å²) < 4.78 is 0.977. The average molecular weight is 316 g/mol. The second kappa shape index (κ2) is 5.12. The van der Waals surface area contributed by atoms with Crippen LogP contribution in [-0.2, 0) is 6.54 Å². The van der Waals surface area contributed by atoms with E-state index in [1.165, 1.54) is 21.8 Å². The van der Waals surface area contributed by atoms with Crippen molar-refractivity contribution in [1.29, 1.82) is 0 Å². The monoisotopic (exact) mass is 315 g/mol. The average Bonchev–Trinajstić information content (AvgIpc) is 2.84. The number of halogens is 1. The Bertz CT molecular complexity index is 504. The molecule has 0 radical (unpaired) electrons. The molecule has 84 valence electrons. The van der Waals surface area contributed by atoms with E-state index in [9.17, 15) is 4.79 Å². The normalized spacial score (nSPS) is 10.4. The number of thiophene rings is 2. The fraction of sp³-hybridized carbons (Fsp3) is 0.182. The molecule has 0 aliphatic carbocycles. The summed E-state index contributed by atoms with van der Waals surface area (Å²) in [6.45, 7) is 2.66. The lowest BCUT2D eigenvalue weighted by Gasteiger charge is -2.02. The second-order valence-corrected chi connectivity index (χ2v) is 6.64. The summed E-state index contributed by atoms with van der Waals surface area (Å²) in [7, 11) is 0. The molecule has 5 heteroatoms. The number of hydrogen-bond donors (Lipinski definition) is 1. The third-order valence-corrected chi connectivity index (χ3v) is 4.73. The van der Waals surface area contributed by atoms with Crippen molar-refractivity contribution in [3.05, 3.63) is 42.7 Å². The quantitative estimate of drug-likeness (QED) is 0.916. The number of rotatable bonds is 3. The summed E-state index contributed by atoms with van der Waals surface area (Å²) in [5.74, 6) is -0.0187. The Hall–Kier alpha value is -0.650. The fourth-order valence-electron chi connectivity index (χ4n) is 1.28. The van der Waals surface area contributed by atoms with Gasteiger partial charge in [-0.25, -0.2) is 0 Å². The molecule has 0 unspecified atom stereocenters. The Kier molecular flexibility index (Phi) is 3.78. The third-order valence-electron chi connectivity index (χ3n) is 2.21. The van der Waals surface area contributed by atoms with E-state index in [0.29, 0.717) is 12.1 Å². The SMILES string of the molecule is Cc1ccsc1CNC(=O)c1csc(Br)c1. The number of carbonyl (C=O) groups is 1. The van der Waals surface area contributed by atoms with Crippen LogP contribution in [0.25, 0.3) is 0 Å². The van der Waals surface area contributed by atoms with Gasteiger partial charge in [0.1, 0.15) is 0 Å². The molecular weight excluding hydrogens is 306 g/mol. The lowest BCUT2D eigenvalue weighted by Crippen LogP contribution is -2.21. The van der Waals surface area contributed by atoms with E-state index >= 15 is 0 Å². The molecule has 2 nitrogen and oxygen atoms in total. The van der Waals surface area contributed by atoms with Crippen LogP contribution in [0.4, 0.5) is 0 Å². The van der Waals surface area contributed by atoms with Crippen molar-refractivity contribution in [3.63, 3.8) is 0 Å². The maximum atomic E-state index is 11.7. The molecule has 2 heterocycles. The fourth-order valence-corrected chi connectivity index (χ4v) is 3.26. The molecule has 1 N–H and O–H groups in total. The molecule has 0 saturated carbocycles. The van der Waals surface area contributed by atoms with E-state index in [2.05, 4.69) is 34.2 Å². The number of nitrogens with one attached hydrogen (secondary N) is 1. The Morgan fingerprint density at radius 1 is 1.50 bits per heavy atom. The van der Waals surface area contributed by atoms with Gasteiger partial charge in [0.2, 0.25) is 0 Å². The van der Waals surface area contributed by atoms with Crippen molar-refractivity contribution < 1.29 is 4.79 Å². The van der Waals surface area contributed by atoms with Crippen LogP contribution in [0.3, 0.4) is 0 Å². The number of carbonyl (C=O) groups excluding carboxylic acids is 1. The predicted molar refractivity (Wildman–Crippen MR) is 72.2 cm³/mol. The lowest BCUT2D eigenvalue weighted by molar-refractivity contribution is 0.0951. The van der Waals surface area contributed by atoms with Gasteiger partial charge < -0.3 is 5.32 Å². The summed E-state index contributed by atoms with van der Waals surface area (Å²) >= 11 is 6.53. The van der Waals surface area contributed by atoms with Crippen molar-refractivity contribution in [2.45, 2.75) is 13.5 Å². The van der Waals surface area contributed by atoms with Gasteiger partial charge in [-0.2, -0.15) is 0 Å². The molecule has 0 bridgehead atoms. The van der Waals surface area contributed by atoms with Crippen LogP contribution in [0.2, 0.25) is 0 Å². The van der Waals surface area contributed by atoms with Crippen LogP contribution in [0.5, 0.6) is 0 Å². The molecule has 0 fully saturated rings. The summed E-state index contributed by atoms with van der Waals surface area (Å²) in [5.41, 5.74) is 1.95. The first-order valence-electron chi connectivity index (χ1n) is 4.72. The first-order chi connectivity index (χ1) is 7.66. The molecule has 0 atom stereocenters. The zero-order valence-corrected chi connectivity index (χ0v) is 11.8. The molecule has 2 rings (SSSR count). The summed E-state index contributed by atoms with van der Waals surface area (Å²) in [6, 6.07) is 3.90. The molecule has 0 spiro atoms. The van der Waals surface area contributed by atoms with Crippen LogP contribution in [0, 0.1) is 6.92 Å². The Balaban J connectivity index is 1.96. The van der Waals surface area contributed by atoms with E-state index in [-0.39, 0.29) is 5.91 Å². The number of aryl methyl sites for hydroxylation is 1. The lowest BCUT2D eigenvalue weighted by atomic mass is 10.3. The highest BCUT2D eigenvalue weighted by atomic mass is 79.9. The van der Waals surface area contributed by atoms with Gasteiger partial charge in [0.25, 0.3) is 5.91 Å². The summed E-state index contributed by atoms with van der Waals surface area (Å²) in [4.78, 5) is 13.0. The van der Waals surface area contributed by atoms with Crippen molar-refractivity contribution >= 4 is 44.5 Å². The molecule has 0 aliphatic rings. The van der Waals surface area contributed by atoms with Crippen molar-refractivity contribution in [1.82, 2.24) is 5.32 Å². The Labute approximate surface area is 110 Å². The van der Waals surface area contributed by atoms with Crippen LogP contribution in [0.1, 0.15) is 20.8 Å². The van der Waals surface area contributed by atoms with Gasteiger partial charge in [-0.15, -0.1) is 22.7 Å². The maximum Gasteiger partial charge on any atom is 0.252 e. The summed E-state index contributed by atoms with van der Waals surface area (Å²) in [6.07, 6.45) is 0. The summed E-state index contributed by atoms with van der Waals surface area (Å²) in [5, 5.41) is 6.80. The first kappa shape index (κ1) is 11.8. The van der Waals surface area contributed by atoms with Gasteiger partial charge >= 0.3 is 0 Å². The maximum absolute atomic E-state index is 11.7. The topological polar surface area (TPSA) is 29.1 Å². The van der Waals surface area contributed by atoms with Gasteiger partial charge in [0.15, 0.2) is 0 Å². The predicted octanol–water partition coefficient (Wildman–Crippen LogP) is 3.81. The van der Waals surface area contributed by atoms with Crippen LogP contribution in [0.15, 0.2) is 26.7 Å². The standard InChI is InChI=1S/C11H10BrNOS2/c1-7-2-3-15-9(7)5-13-11(14)8-4-10(12)16-6-8/h2-4,6H,5H2,1H3,(H,13,14). The van der Waals surface area contributed by atoms with Crippen LogP contribution in [-0.4, -0.2) is 5.91 Å². The van der Waals surface area contributed by atoms with Crippen molar-refractivity contribution in [2.75, 3.05) is 0 Å². The molecule has 16 heavy (non-hydrogen) atoms. The van der Waals surface area contributed by atoms with Gasteiger partial charge in [0.05, 0.1) is 15.9 Å². The van der Waals surface area contributed by atoms with Gasteiger partial charge in [-0.05, 0) is 45.9 Å². The first-order valence-corrected chi connectivity index (χ1v) is 7.27. The molecule has 0 saturated heterocycles. The Morgan fingerprint density at radius 3 is 2.88 bits per heavy atom. The Morgan fingerprint density at radius 2 is 2.31 bits per heavy atom. The minimum absolute atomic E-state index is 0.0187. The van der Waals surface area contributed by atoms with Crippen LogP contribution >= 0.6 is 38.6 Å². The molecule has 2 aromatic rings. The largest absolute Gasteiger partial charge is 0.347 e. The number of hydrogen-bond acceptors (Lipinski definition) is 3. The molecule has 2 aromatic heterocycles. The van der Waals surface area contributed by atoms with Gasteiger partial charge in [-0.1, -0.05) is 0 Å². The van der Waals surface area contributed by atoms with Gasteiger partial charge in [0, 0.05) is 10.3 Å². The molecule has 0 aliphatic heterocycles. The third kappa shape index (κ3) is 2.72. The number of amides is 1. The van der Waals surface area contributed by atoms with E-state index in [4.69, 9.17) is 0 Å². The van der Waals surface area contributed by atoms with E-state index < -0.39 is 0 Å². The molecule has 0 aromatic carbocycles. The molecular formula is C11H10BrNOS2. The molecule has 1 amide bonds. The minimum Gasteiger partial charge on any atom is -0.347 e. The van der Waals surface area contributed by atoms with E-state index in [0.717, 1.165) is 3.79 Å². The minimum atomic E-state index is -0.0187. The van der Waals surface area contributed by atoms with E-state index in [1.807, 2.05) is 16.8 Å². The van der Waals surface area contributed by atoms with Gasteiger partial charge in [-0.3, -0.25) is 4.79 Å². The highest BCUT2D eigenvalue weighted by Gasteiger charge is 2.08. The van der Waals surface area contributed by atoms with Crippen molar-refractivity contribution in [2.24, 2.45) is 0 Å².